The van der Waals surface area contributed by atoms with E-state index in [0.29, 0.717) is 28.6 Å². The molecular weight excluding hydrogens is 596 g/mol. The molecule has 0 aliphatic rings. The Bertz CT molecular complexity index is 2320. The van der Waals surface area contributed by atoms with Crippen LogP contribution in [0.5, 0.6) is 0 Å². The van der Waals surface area contributed by atoms with E-state index in [2.05, 4.69) is 102 Å². The molecule has 0 unspecified atom stereocenters. The number of rotatable bonds is 6. The molecule has 0 fully saturated rings. The average Bonchev–Trinajstić information content (AvgIpc) is 3.15. The van der Waals surface area contributed by atoms with Crippen LogP contribution in [0.25, 0.3) is 78.3 Å². The van der Waals surface area contributed by atoms with Gasteiger partial charge in [-0.1, -0.05) is 97.1 Å². The van der Waals surface area contributed by atoms with Crippen molar-refractivity contribution in [2.75, 3.05) is 0 Å². The van der Waals surface area contributed by atoms with Gasteiger partial charge in [-0.05, 0) is 111 Å². The Morgan fingerprint density at radius 1 is 0.271 bits per heavy atom. The summed E-state index contributed by atoms with van der Waals surface area (Å²) in [6.45, 7) is 0. The predicted octanol–water partition coefficient (Wildman–Crippen LogP) is 11.3. The molecule has 0 saturated heterocycles. The number of nitrogens with zero attached hydrogens (tertiary/aromatic N) is 3. The van der Waals surface area contributed by atoms with Crippen LogP contribution in [0.1, 0.15) is 0 Å². The molecule has 228 valence electrons. The first-order valence-electron chi connectivity index (χ1n) is 15.6. The minimum absolute atomic E-state index is 0.343. The van der Waals surface area contributed by atoms with Gasteiger partial charge in [-0.3, -0.25) is 0 Å². The van der Waals surface area contributed by atoms with Crippen LogP contribution in [0, 0.1) is 11.6 Å². The van der Waals surface area contributed by atoms with Gasteiger partial charge in [-0.15, -0.1) is 0 Å². The van der Waals surface area contributed by atoms with Crippen LogP contribution in [-0.2, 0) is 0 Å². The van der Waals surface area contributed by atoms with Gasteiger partial charge in [0.2, 0.25) is 0 Å². The highest BCUT2D eigenvalue weighted by molar-refractivity contribution is 5.91. The summed E-state index contributed by atoms with van der Waals surface area (Å²) in [7, 11) is 0. The lowest BCUT2D eigenvalue weighted by atomic mass is 9.95. The summed E-state index contributed by atoms with van der Waals surface area (Å²) in [6.07, 6.45) is 0. The number of benzene rings is 7. The molecule has 0 amide bonds. The summed E-state index contributed by atoms with van der Waals surface area (Å²) in [5.41, 5.74) is 8.93. The lowest BCUT2D eigenvalue weighted by Crippen LogP contribution is -2.00. The van der Waals surface area contributed by atoms with Gasteiger partial charge in [0.1, 0.15) is 11.6 Å². The molecule has 0 bridgehead atoms. The number of hydrogen-bond donors (Lipinski definition) is 0. The van der Waals surface area contributed by atoms with E-state index in [-0.39, 0.29) is 11.6 Å². The molecule has 0 N–H and O–H groups in total. The second-order valence-electron chi connectivity index (χ2n) is 11.6. The SMILES string of the molecule is Fc1ccc(-c2nc(-c3ccc(F)cc3)nc(-c3ccc(-c4cccc(-c5ccc6ccc(-c7ccccc7)cc6c5)c4)cc3)n2)cc1. The highest BCUT2D eigenvalue weighted by atomic mass is 19.1. The molecule has 0 atom stereocenters. The zero-order valence-corrected chi connectivity index (χ0v) is 25.7. The summed E-state index contributed by atoms with van der Waals surface area (Å²) in [5.74, 6) is 0.591. The third-order valence-electron chi connectivity index (χ3n) is 8.46. The molecule has 0 spiro atoms. The highest BCUT2D eigenvalue weighted by Gasteiger charge is 2.13. The van der Waals surface area contributed by atoms with E-state index in [4.69, 9.17) is 9.97 Å². The van der Waals surface area contributed by atoms with Gasteiger partial charge in [0.05, 0.1) is 0 Å². The van der Waals surface area contributed by atoms with Crippen molar-refractivity contribution in [2.45, 2.75) is 0 Å². The summed E-state index contributed by atoms with van der Waals surface area (Å²) in [6, 6.07) is 52.3. The number of hydrogen-bond acceptors (Lipinski definition) is 3. The molecular formula is C43H27F2N3. The second-order valence-corrected chi connectivity index (χ2v) is 11.6. The maximum Gasteiger partial charge on any atom is 0.164 e. The zero-order valence-electron chi connectivity index (χ0n) is 25.7. The summed E-state index contributed by atoms with van der Waals surface area (Å²) in [4.78, 5) is 14.1. The molecule has 8 aromatic rings. The maximum atomic E-state index is 13.7. The third kappa shape index (κ3) is 5.97. The fourth-order valence-electron chi connectivity index (χ4n) is 5.89. The van der Waals surface area contributed by atoms with Gasteiger partial charge in [0.25, 0.3) is 0 Å². The van der Waals surface area contributed by atoms with Gasteiger partial charge in [0, 0.05) is 16.7 Å². The third-order valence-corrected chi connectivity index (χ3v) is 8.46. The van der Waals surface area contributed by atoms with E-state index >= 15 is 0 Å². The second kappa shape index (κ2) is 12.5. The number of aromatic nitrogens is 3. The van der Waals surface area contributed by atoms with Crippen LogP contribution in [-0.4, -0.2) is 15.0 Å². The van der Waals surface area contributed by atoms with Gasteiger partial charge in [0.15, 0.2) is 17.5 Å². The minimum Gasteiger partial charge on any atom is -0.208 e. The molecule has 7 aromatic carbocycles. The topological polar surface area (TPSA) is 38.7 Å². The molecule has 0 aliphatic heterocycles. The fourth-order valence-corrected chi connectivity index (χ4v) is 5.89. The Kier molecular flexibility index (Phi) is 7.55. The lowest BCUT2D eigenvalue weighted by Gasteiger charge is -2.10. The normalized spacial score (nSPS) is 11.1. The molecule has 1 aromatic heterocycles. The van der Waals surface area contributed by atoms with Gasteiger partial charge >= 0.3 is 0 Å². The Hall–Kier alpha value is -6.33. The maximum absolute atomic E-state index is 13.7. The minimum atomic E-state index is -0.343. The molecule has 1 heterocycles. The van der Waals surface area contributed by atoms with Crippen molar-refractivity contribution in [3.05, 3.63) is 175 Å². The van der Waals surface area contributed by atoms with Gasteiger partial charge < -0.3 is 0 Å². The average molecular weight is 624 g/mol. The predicted molar refractivity (Wildman–Crippen MR) is 190 cm³/mol. The lowest BCUT2D eigenvalue weighted by molar-refractivity contribution is 0.627. The number of fused-ring (bicyclic) bond motifs is 1. The van der Waals surface area contributed by atoms with E-state index in [1.54, 1.807) is 24.3 Å². The van der Waals surface area contributed by atoms with Crippen LogP contribution >= 0.6 is 0 Å². The highest BCUT2D eigenvalue weighted by Crippen LogP contribution is 2.32. The van der Waals surface area contributed by atoms with Crippen molar-refractivity contribution < 1.29 is 8.78 Å². The molecule has 0 radical (unpaired) electrons. The van der Waals surface area contributed by atoms with Crippen molar-refractivity contribution >= 4 is 10.8 Å². The van der Waals surface area contributed by atoms with Crippen molar-refractivity contribution in [3.63, 3.8) is 0 Å². The first-order valence-corrected chi connectivity index (χ1v) is 15.6. The Morgan fingerprint density at radius 3 is 1.15 bits per heavy atom. The van der Waals surface area contributed by atoms with E-state index in [9.17, 15) is 8.78 Å². The van der Waals surface area contributed by atoms with Gasteiger partial charge in [-0.25, -0.2) is 23.7 Å². The Labute approximate surface area is 276 Å². The number of halogens is 2. The fraction of sp³-hybridized carbons (Fsp3) is 0. The van der Waals surface area contributed by atoms with E-state index in [1.807, 2.05) is 18.2 Å². The van der Waals surface area contributed by atoms with Crippen LogP contribution in [0.4, 0.5) is 8.78 Å². The largest absolute Gasteiger partial charge is 0.208 e. The summed E-state index contributed by atoms with van der Waals surface area (Å²) < 4.78 is 27.3. The van der Waals surface area contributed by atoms with E-state index < -0.39 is 0 Å². The molecule has 3 nitrogen and oxygen atoms in total. The van der Waals surface area contributed by atoms with Crippen molar-refractivity contribution in [2.24, 2.45) is 0 Å². The van der Waals surface area contributed by atoms with E-state index in [1.165, 1.54) is 46.2 Å². The van der Waals surface area contributed by atoms with Crippen LogP contribution < -0.4 is 0 Å². The first-order chi connectivity index (χ1) is 23.6. The van der Waals surface area contributed by atoms with Gasteiger partial charge in [-0.2, -0.15) is 0 Å². The van der Waals surface area contributed by atoms with E-state index in [0.717, 1.165) is 27.8 Å². The first kappa shape index (κ1) is 29.1. The Balaban J connectivity index is 1.12. The molecule has 0 saturated carbocycles. The zero-order chi connectivity index (χ0) is 32.5. The monoisotopic (exact) mass is 623 g/mol. The van der Waals surface area contributed by atoms with Crippen LogP contribution in [0.3, 0.4) is 0 Å². The summed E-state index contributed by atoms with van der Waals surface area (Å²) >= 11 is 0. The quantitative estimate of drug-likeness (QED) is 0.185. The molecule has 8 rings (SSSR count). The molecule has 0 aliphatic carbocycles. The van der Waals surface area contributed by atoms with Crippen molar-refractivity contribution in [1.29, 1.82) is 0 Å². The van der Waals surface area contributed by atoms with Crippen LogP contribution in [0.2, 0.25) is 0 Å². The Morgan fingerprint density at radius 2 is 0.625 bits per heavy atom. The van der Waals surface area contributed by atoms with Crippen molar-refractivity contribution in [1.82, 2.24) is 15.0 Å². The molecule has 5 heteroatoms. The molecule has 48 heavy (non-hydrogen) atoms. The standard InChI is InChI=1S/C43H27F2N3/c44-39-21-17-32(18-22-39)42-46-41(47-43(48-42)33-19-23-40(45)24-20-33)31-13-9-29(10-14-31)34-7-4-8-35(25-34)37-16-12-30-11-15-36(26-38(30)27-37)28-5-2-1-3-6-28/h1-27H. The van der Waals surface area contributed by atoms with Crippen LogP contribution in [0.15, 0.2) is 164 Å². The summed E-state index contributed by atoms with van der Waals surface area (Å²) in [5, 5.41) is 2.40. The van der Waals surface area contributed by atoms with Crippen molar-refractivity contribution in [3.8, 4) is 67.5 Å². The smallest absolute Gasteiger partial charge is 0.164 e.